The van der Waals surface area contributed by atoms with E-state index < -0.39 is 0 Å². The third-order valence-corrected chi connectivity index (χ3v) is 2.59. The van der Waals surface area contributed by atoms with E-state index in [9.17, 15) is 0 Å². The maximum atomic E-state index is 6.05. The highest BCUT2D eigenvalue weighted by atomic mass is 35.5. The van der Waals surface area contributed by atoms with Crippen molar-refractivity contribution >= 4 is 35.1 Å². The van der Waals surface area contributed by atoms with E-state index in [2.05, 4.69) is 25.3 Å². The van der Waals surface area contributed by atoms with E-state index >= 15 is 0 Å². The summed E-state index contributed by atoms with van der Waals surface area (Å²) >= 11 is 11.7. The van der Waals surface area contributed by atoms with Crippen molar-refractivity contribution in [2.45, 2.75) is 13.5 Å². The van der Waals surface area contributed by atoms with Gasteiger partial charge in [-0.25, -0.2) is 0 Å². The summed E-state index contributed by atoms with van der Waals surface area (Å²) in [6.45, 7) is 2.29. The van der Waals surface area contributed by atoms with Crippen molar-refractivity contribution in [1.29, 1.82) is 0 Å². The van der Waals surface area contributed by atoms with Crippen molar-refractivity contribution in [3.63, 3.8) is 0 Å². The van der Waals surface area contributed by atoms with E-state index in [1.807, 2.05) is 13.0 Å². The van der Waals surface area contributed by atoms with Gasteiger partial charge in [0.25, 0.3) is 0 Å². The number of hydrogen-bond acceptors (Lipinski definition) is 6. The fraction of sp³-hybridized carbons (Fsp3) is 0.200. The number of pyridine rings is 1. The van der Waals surface area contributed by atoms with Gasteiger partial charge in [0.2, 0.25) is 17.2 Å². The van der Waals surface area contributed by atoms with Crippen LogP contribution < -0.4 is 11.1 Å². The molecule has 6 nitrogen and oxygen atoms in total. The Balaban J connectivity index is 2.11. The lowest BCUT2D eigenvalue weighted by atomic mass is 10.3. The van der Waals surface area contributed by atoms with Crippen LogP contribution in [0, 0.1) is 6.92 Å². The number of nitrogens with zero attached hydrogens (tertiary/aromatic N) is 4. The molecule has 18 heavy (non-hydrogen) atoms. The molecule has 0 unspecified atom stereocenters. The third-order valence-electron chi connectivity index (χ3n) is 2.09. The van der Waals surface area contributed by atoms with Gasteiger partial charge in [-0.05, 0) is 30.2 Å². The van der Waals surface area contributed by atoms with Crippen LogP contribution >= 0.6 is 23.2 Å². The Bertz CT molecular complexity index is 554. The number of aryl methyl sites for hydroxylation is 1. The van der Waals surface area contributed by atoms with Crippen molar-refractivity contribution in [3.05, 3.63) is 33.8 Å². The normalized spacial score (nSPS) is 10.4. The van der Waals surface area contributed by atoms with Gasteiger partial charge in [0.05, 0.1) is 17.3 Å². The van der Waals surface area contributed by atoms with Gasteiger partial charge in [0, 0.05) is 6.20 Å². The van der Waals surface area contributed by atoms with Gasteiger partial charge in [-0.1, -0.05) is 11.6 Å². The van der Waals surface area contributed by atoms with Gasteiger partial charge in [-0.15, -0.1) is 0 Å². The number of nitrogen functional groups attached to an aromatic ring is 1. The zero-order valence-corrected chi connectivity index (χ0v) is 11.0. The molecule has 2 aromatic heterocycles. The van der Waals surface area contributed by atoms with E-state index in [-0.39, 0.29) is 17.2 Å². The number of halogens is 2. The molecule has 0 saturated heterocycles. The van der Waals surface area contributed by atoms with Crippen LogP contribution in [0.2, 0.25) is 10.3 Å². The summed E-state index contributed by atoms with van der Waals surface area (Å²) in [6.07, 6.45) is 1.73. The Morgan fingerprint density at radius 3 is 2.72 bits per heavy atom. The predicted molar refractivity (Wildman–Crippen MR) is 70.6 cm³/mol. The molecule has 0 atom stereocenters. The molecular formula is C10H10Cl2N6. The molecule has 0 fully saturated rings. The summed E-state index contributed by atoms with van der Waals surface area (Å²) in [6, 6.07) is 1.83. The summed E-state index contributed by atoms with van der Waals surface area (Å²) in [5, 5.41) is 3.54. The van der Waals surface area contributed by atoms with Crippen LogP contribution in [-0.2, 0) is 6.54 Å². The first-order valence-electron chi connectivity index (χ1n) is 5.06. The van der Waals surface area contributed by atoms with Gasteiger partial charge in [-0.3, -0.25) is 4.98 Å². The largest absolute Gasteiger partial charge is 0.368 e. The molecule has 0 spiro atoms. The highest BCUT2D eigenvalue weighted by Gasteiger charge is 2.05. The number of nitrogens with one attached hydrogen (secondary N) is 1. The second-order valence-electron chi connectivity index (χ2n) is 3.58. The zero-order chi connectivity index (χ0) is 13.1. The van der Waals surface area contributed by atoms with Crippen molar-refractivity contribution in [3.8, 4) is 0 Å². The molecule has 2 rings (SSSR count). The topological polar surface area (TPSA) is 89.6 Å². The van der Waals surface area contributed by atoms with Crippen molar-refractivity contribution in [1.82, 2.24) is 19.9 Å². The molecule has 0 radical (unpaired) electrons. The molecule has 0 aliphatic carbocycles. The Morgan fingerprint density at radius 1 is 1.28 bits per heavy atom. The second-order valence-corrected chi connectivity index (χ2v) is 4.33. The summed E-state index contributed by atoms with van der Waals surface area (Å²) in [5.41, 5.74) is 7.14. The SMILES string of the molecule is Cc1cnc(CNc2nc(N)nc(Cl)n2)c(Cl)c1. The smallest absolute Gasteiger partial charge is 0.229 e. The van der Waals surface area contributed by atoms with E-state index in [1.165, 1.54) is 0 Å². The highest BCUT2D eigenvalue weighted by Crippen LogP contribution is 2.16. The van der Waals surface area contributed by atoms with E-state index in [4.69, 9.17) is 28.9 Å². The van der Waals surface area contributed by atoms with Crippen molar-refractivity contribution in [2.24, 2.45) is 0 Å². The molecule has 2 heterocycles. The molecule has 2 aromatic rings. The van der Waals surface area contributed by atoms with Gasteiger partial charge in [0.1, 0.15) is 0 Å². The minimum atomic E-state index is 0.0352. The first-order valence-corrected chi connectivity index (χ1v) is 5.82. The molecular weight excluding hydrogens is 275 g/mol. The molecule has 0 aromatic carbocycles. The molecule has 8 heteroatoms. The fourth-order valence-corrected chi connectivity index (χ4v) is 1.75. The summed E-state index contributed by atoms with van der Waals surface area (Å²) in [5.74, 6) is 0.339. The Kier molecular flexibility index (Phi) is 3.78. The molecule has 0 saturated carbocycles. The molecule has 0 aliphatic rings. The van der Waals surface area contributed by atoms with E-state index in [0.717, 1.165) is 5.56 Å². The Labute approximate surface area is 114 Å². The predicted octanol–water partition coefficient (Wildman–Crippen LogP) is 2.08. The maximum Gasteiger partial charge on any atom is 0.229 e. The zero-order valence-electron chi connectivity index (χ0n) is 9.48. The van der Waals surface area contributed by atoms with E-state index in [1.54, 1.807) is 6.20 Å². The Hall–Kier alpha value is -1.66. The standard InChI is InChI=1S/C10H10Cl2N6/c1-5-2-6(11)7(14-3-5)4-15-10-17-8(12)16-9(13)18-10/h2-3H,4H2,1H3,(H3,13,15,16,17,18). The minimum absolute atomic E-state index is 0.0352. The van der Waals surface area contributed by atoms with Crippen molar-refractivity contribution < 1.29 is 0 Å². The molecule has 94 valence electrons. The monoisotopic (exact) mass is 284 g/mol. The lowest BCUT2D eigenvalue weighted by Crippen LogP contribution is -2.08. The van der Waals surface area contributed by atoms with Crippen LogP contribution in [-0.4, -0.2) is 19.9 Å². The number of anilines is 2. The molecule has 3 N–H and O–H groups in total. The first kappa shape index (κ1) is 12.8. The average Bonchev–Trinajstić information content (AvgIpc) is 2.26. The van der Waals surface area contributed by atoms with Gasteiger partial charge in [0.15, 0.2) is 0 Å². The maximum absolute atomic E-state index is 6.05. The van der Waals surface area contributed by atoms with Crippen LogP contribution in [0.3, 0.4) is 0 Å². The Morgan fingerprint density at radius 2 is 2.06 bits per heavy atom. The summed E-state index contributed by atoms with van der Waals surface area (Å²) in [7, 11) is 0. The molecule has 0 aliphatic heterocycles. The van der Waals surface area contributed by atoms with Crippen LogP contribution in [0.4, 0.5) is 11.9 Å². The number of aromatic nitrogens is 4. The van der Waals surface area contributed by atoms with Gasteiger partial charge in [-0.2, -0.15) is 15.0 Å². The minimum Gasteiger partial charge on any atom is -0.368 e. The third kappa shape index (κ3) is 3.18. The summed E-state index contributed by atoms with van der Waals surface area (Å²) in [4.78, 5) is 15.6. The fourth-order valence-electron chi connectivity index (χ4n) is 1.30. The number of rotatable bonds is 3. The van der Waals surface area contributed by atoms with Crippen LogP contribution in [0.1, 0.15) is 11.3 Å². The first-order chi connectivity index (χ1) is 8.54. The van der Waals surface area contributed by atoms with Gasteiger partial charge < -0.3 is 11.1 Å². The number of hydrogen-bond donors (Lipinski definition) is 2. The summed E-state index contributed by atoms with van der Waals surface area (Å²) < 4.78 is 0. The van der Waals surface area contributed by atoms with E-state index in [0.29, 0.717) is 17.3 Å². The second kappa shape index (κ2) is 5.32. The molecule has 0 amide bonds. The van der Waals surface area contributed by atoms with Crippen LogP contribution in [0.5, 0.6) is 0 Å². The van der Waals surface area contributed by atoms with Crippen LogP contribution in [0.25, 0.3) is 0 Å². The average molecular weight is 285 g/mol. The lowest BCUT2D eigenvalue weighted by Gasteiger charge is -2.06. The van der Waals surface area contributed by atoms with Gasteiger partial charge >= 0.3 is 0 Å². The quantitative estimate of drug-likeness (QED) is 0.897. The van der Waals surface area contributed by atoms with Crippen molar-refractivity contribution in [2.75, 3.05) is 11.1 Å². The highest BCUT2D eigenvalue weighted by molar-refractivity contribution is 6.31. The number of nitrogens with two attached hydrogens (primary N) is 1. The lowest BCUT2D eigenvalue weighted by molar-refractivity contribution is 0.977. The molecule has 0 bridgehead atoms. The van der Waals surface area contributed by atoms with Crippen LogP contribution in [0.15, 0.2) is 12.3 Å².